The van der Waals surface area contributed by atoms with Crippen molar-refractivity contribution in [3.63, 3.8) is 0 Å². The fraction of sp³-hybridized carbons (Fsp3) is 0.438. The molecule has 0 aromatic carbocycles. The highest BCUT2D eigenvalue weighted by molar-refractivity contribution is 5.91. The molecule has 1 aliphatic carbocycles. The monoisotopic (exact) mass is 301 g/mol. The van der Waals surface area contributed by atoms with Gasteiger partial charge in [-0.1, -0.05) is 12.1 Å². The van der Waals surface area contributed by atoms with Crippen LogP contribution in [0.25, 0.3) is 6.08 Å². The van der Waals surface area contributed by atoms with Crippen LogP contribution in [0.15, 0.2) is 27.1 Å². The van der Waals surface area contributed by atoms with E-state index >= 15 is 0 Å². The second-order valence-corrected chi connectivity index (χ2v) is 5.80. The van der Waals surface area contributed by atoms with E-state index < -0.39 is 0 Å². The number of hydrogen-bond acceptors (Lipinski definition) is 5. The Morgan fingerprint density at radius 1 is 1.50 bits per heavy atom. The van der Waals surface area contributed by atoms with E-state index in [1.54, 1.807) is 19.9 Å². The number of rotatable bonds is 5. The molecule has 2 aromatic rings. The van der Waals surface area contributed by atoms with Crippen molar-refractivity contribution >= 4 is 12.0 Å². The standard InChI is InChI=1S/C16H19N3O3/c1-9-8-13(9)14-6-4-12(21-14)5-7-15(20)17-10(2)16-18-11(3)19-22-16/h4-7,9-10,13H,8H2,1-3H3,(H,17,20)/b7-5+/t9-,10-,13+/m0/s1. The fourth-order valence-electron chi connectivity index (χ4n) is 2.35. The van der Waals surface area contributed by atoms with E-state index in [1.165, 1.54) is 12.5 Å². The van der Waals surface area contributed by atoms with Crippen LogP contribution in [0.4, 0.5) is 0 Å². The van der Waals surface area contributed by atoms with Crippen LogP contribution >= 0.6 is 0 Å². The van der Waals surface area contributed by atoms with Gasteiger partial charge in [-0.3, -0.25) is 4.79 Å². The quantitative estimate of drug-likeness (QED) is 0.859. The molecule has 0 unspecified atom stereocenters. The van der Waals surface area contributed by atoms with E-state index in [2.05, 4.69) is 22.4 Å². The highest BCUT2D eigenvalue weighted by Gasteiger charge is 2.36. The smallest absolute Gasteiger partial charge is 0.248 e. The lowest BCUT2D eigenvalue weighted by atomic mass is 10.3. The number of hydrogen-bond donors (Lipinski definition) is 1. The summed E-state index contributed by atoms with van der Waals surface area (Å²) in [5.74, 6) is 3.63. The Bertz CT molecular complexity index is 701. The van der Waals surface area contributed by atoms with E-state index in [4.69, 9.17) is 8.94 Å². The van der Waals surface area contributed by atoms with Crippen LogP contribution < -0.4 is 5.32 Å². The average Bonchev–Trinajstić information content (AvgIpc) is 2.91. The van der Waals surface area contributed by atoms with Gasteiger partial charge in [-0.25, -0.2) is 0 Å². The molecule has 3 rings (SSSR count). The van der Waals surface area contributed by atoms with Gasteiger partial charge >= 0.3 is 0 Å². The first-order valence-corrected chi connectivity index (χ1v) is 7.41. The molecule has 0 spiro atoms. The van der Waals surface area contributed by atoms with Crippen molar-refractivity contribution in [2.75, 3.05) is 0 Å². The zero-order valence-corrected chi connectivity index (χ0v) is 12.9. The Kier molecular flexibility index (Phi) is 3.83. The summed E-state index contributed by atoms with van der Waals surface area (Å²) in [6, 6.07) is 3.53. The summed E-state index contributed by atoms with van der Waals surface area (Å²) >= 11 is 0. The lowest BCUT2D eigenvalue weighted by Crippen LogP contribution is -2.24. The number of carbonyl (C=O) groups excluding carboxylic acids is 1. The summed E-state index contributed by atoms with van der Waals surface area (Å²) in [4.78, 5) is 16.0. The number of carbonyl (C=O) groups is 1. The van der Waals surface area contributed by atoms with Crippen LogP contribution in [0.2, 0.25) is 0 Å². The normalized spacial score (nSPS) is 22.0. The Morgan fingerprint density at radius 3 is 2.91 bits per heavy atom. The molecule has 0 radical (unpaired) electrons. The van der Waals surface area contributed by atoms with Crippen molar-refractivity contribution in [1.29, 1.82) is 0 Å². The van der Waals surface area contributed by atoms with Crippen molar-refractivity contribution in [3.05, 3.63) is 41.4 Å². The summed E-state index contributed by atoms with van der Waals surface area (Å²) in [6.07, 6.45) is 4.29. The summed E-state index contributed by atoms with van der Waals surface area (Å²) in [6.45, 7) is 5.73. The first kappa shape index (κ1) is 14.6. The predicted molar refractivity (Wildman–Crippen MR) is 79.9 cm³/mol. The topological polar surface area (TPSA) is 81.2 Å². The first-order chi connectivity index (χ1) is 10.5. The molecule has 0 saturated heterocycles. The van der Waals surface area contributed by atoms with Gasteiger partial charge in [0.05, 0.1) is 0 Å². The van der Waals surface area contributed by atoms with Crippen molar-refractivity contribution in [2.45, 2.75) is 39.2 Å². The third-order valence-electron chi connectivity index (χ3n) is 3.79. The van der Waals surface area contributed by atoms with Gasteiger partial charge in [0.1, 0.15) is 17.6 Å². The Morgan fingerprint density at radius 2 is 2.27 bits per heavy atom. The lowest BCUT2D eigenvalue weighted by molar-refractivity contribution is -0.117. The van der Waals surface area contributed by atoms with Gasteiger partial charge in [-0.05, 0) is 44.4 Å². The van der Waals surface area contributed by atoms with E-state index in [0.29, 0.717) is 29.3 Å². The van der Waals surface area contributed by atoms with Crippen molar-refractivity contribution in [1.82, 2.24) is 15.5 Å². The molecule has 116 valence electrons. The molecule has 0 bridgehead atoms. The minimum atomic E-state index is -0.335. The highest BCUT2D eigenvalue weighted by atomic mass is 16.5. The molecule has 2 heterocycles. The van der Waals surface area contributed by atoms with Crippen LogP contribution in [0.5, 0.6) is 0 Å². The largest absolute Gasteiger partial charge is 0.461 e. The molecule has 3 atom stereocenters. The minimum Gasteiger partial charge on any atom is -0.461 e. The number of aryl methyl sites for hydroxylation is 1. The molecule has 1 N–H and O–H groups in total. The molecule has 1 amide bonds. The van der Waals surface area contributed by atoms with Crippen LogP contribution in [0, 0.1) is 12.8 Å². The predicted octanol–water partition coefficient (Wildman–Crippen LogP) is 2.99. The van der Waals surface area contributed by atoms with E-state index in [1.807, 2.05) is 12.1 Å². The van der Waals surface area contributed by atoms with E-state index in [0.717, 1.165) is 5.76 Å². The first-order valence-electron chi connectivity index (χ1n) is 7.41. The minimum absolute atomic E-state index is 0.235. The SMILES string of the molecule is Cc1noc([C@H](C)NC(=O)/C=C/c2ccc([C@@H]3C[C@@H]3C)o2)n1. The molecule has 6 heteroatoms. The number of nitrogens with one attached hydrogen (secondary N) is 1. The van der Waals surface area contributed by atoms with Crippen LogP contribution in [0.3, 0.4) is 0 Å². The number of aromatic nitrogens is 2. The third-order valence-corrected chi connectivity index (χ3v) is 3.79. The maximum absolute atomic E-state index is 11.9. The summed E-state index contributed by atoms with van der Waals surface area (Å²) in [5.41, 5.74) is 0. The molecular formula is C16H19N3O3. The molecule has 1 aliphatic rings. The van der Waals surface area contributed by atoms with Gasteiger partial charge in [0.25, 0.3) is 0 Å². The average molecular weight is 301 g/mol. The number of furan rings is 1. The molecule has 0 aliphatic heterocycles. The Labute approximate surface area is 128 Å². The van der Waals surface area contributed by atoms with Gasteiger partial charge in [-0.2, -0.15) is 4.98 Å². The number of amides is 1. The zero-order valence-electron chi connectivity index (χ0n) is 12.9. The molecule has 6 nitrogen and oxygen atoms in total. The molecule has 22 heavy (non-hydrogen) atoms. The lowest BCUT2D eigenvalue weighted by Gasteiger charge is -2.06. The van der Waals surface area contributed by atoms with Gasteiger partial charge in [0.2, 0.25) is 11.8 Å². The van der Waals surface area contributed by atoms with Crippen LogP contribution in [-0.2, 0) is 4.79 Å². The Hall–Kier alpha value is -2.37. The van der Waals surface area contributed by atoms with Crippen LogP contribution in [0.1, 0.15) is 55.5 Å². The van der Waals surface area contributed by atoms with Crippen molar-refractivity contribution in [3.8, 4) is 0 Å². The van der Waals surface area contributed by atoms with Crippen molar-refractivity contribution < 1.29 is 13.7 Å². The summed E-state index contributed by atoms with van der Waals surface area (Å²) in [5, 5.41) is 6.46. The molecule has 2 aromatic heterocycles. The van der Waals surface area contributed by atoms with E-state index in [9.17, 15) is 4.79 Å². The fourth-order valence-corrected chi connectivity index (χ4v) is 2.35. The molecule has 1 fully saturated rings. The maximum Gasteiger partial charge on any atom is 0.248 e. The van der Waals surface area contributed by atoms with Gasteiger partial charge in [-0.15, -0.1) is 0 Å². The second kappa shape index (κ2) is 5.79. The van der Waals surface area contributed by atoms with Gasteiger partial charge < -0.3 is 14.3 Å². The van der Waals surface area contributed by atoms with Gasteiger partial charge in [0, 0.05) is 12.0 Å². The summed E-state index contributed by atoms with van der Waals surface area (Å²) < 4.78 is 10.7. The van der Waals surface area contributed by atoms with Crippen LogP contribution in [-0.4, -0.2) is 16.0 Å². The molecular weight excluding hydrogens is 282 g/mol. The second-order valence-electron chi connectivity index (χ2n) is 5.80. The highest BCUT2D eigenvalue weighted by Crippen LogP contribution is 2.47. The Balaban J connectivity index is 1.55. The number of nitrogens with zero attached hydrogens (tertiary/aromatic N) is 2. The molecule has 1 saturated carbocycles. The maximum atomic E-state index is 11.9. The summed E-state index contributed by atoms with van der Waals surface area (Å²) in [7, 11) is 0. The third kappa shape index (κ3) is 3.27. The zero-order chi connectivity index (χ0) is 15.7. The van der Waals surface area contributed by atoms with Gasteiger partial charge in [0.15, 0.2) is 5.82 Å². The van der Waals surface area contributed by atoms with Crippen molar-refractivity contribution in [2.24, 2.45) is 5.92 Å². The van der Waals surface area contributed by atoms with E-state index in [-0.39, 0.29) is 11.9 Å².